The molecule has 0 bridgehead atoms. The molecule has 6 aliphatic rings. The maximum Gasteiger partial charge on any atom is 2.00 e. The van der Waals surface area contributed by atoms with Crippen LogP contribution in [0.1, 0.15) is 106 Å². The molecule has 0 heterocycles. The standard InChI is InChI=1S/2C22H28N2O5.C18H30NO4Si.C17H18NO4.3Fe/c2*1-22(2,3)29-21(27)24-17(13-15-9-5-6-10-15)19(25)23-18(20(26)28-4)14-16-11-7-8-12-16;1-18(2,3)23-17(21)19-15(13-14-9-7-8-10-14)16(20)22-11-12-24(4,5)6;1-21-16(19)15(11-13-7-5-6-8-13)18-17(20)22-12-14-9-3-2-4-10-14;;;/h2*5-12,17-18H,13-14H2,1-4H3,(H,23,25)(H,24,27);7-10,15H,11-13H2,1-6H3,(H,19,21);2-10,15H,11-12H2,1H3,(H,18,20);;;/q;;;;3*+2/t2*17-,18-;2*15-;;;/m1000.../s1. The van der Waals surface area contributed by atoms with E-state index < -0.39 is 121 Å². The smallest absolute Gasteiger partial charge is 0.467 e. The summed E-state index contributed by atoms with van der Waals surface area (Å²) in [7, 11) is 2.56. The molecular weight excluding hydrogens is 1520 g/mol. The second-order valence-electron chi connectivity index (χ2n) is 28.5. The van der Waals surface area contributed by atoms with Crippen LogP contribution in [0.3, 0.4) is 0 Å². The molecule has 6 fully saturated rings. The number of nitrogens with one attached hydrogen (secondary N) is 6. The Kier molecular flexibility index (Phi) is 48.0. The minimum absolute atomic E-state index is 0. The number of esters is 4. The first kappa shape index (κ1) is 99.9. The molecule has 30 radical (unpaired) electrons. The number of ether oxygens (including phenoxy) is 8. The van der Waals surface area contributed by atoms with Crippen LogP contribution < -0.4 is 31.9 Å². The van der Waals surface area contributed by atoms with Crippen molar-refractivity contribution in [3.8, 4) is 0 Å². The molecule has 6 N–H and O–H groups in total. The second-order valence-corrected chi connectivity index (χ2v) is 34.1. The van der Waals surface area contributed by atoms with Crippen molar-refractivity contribution in [3.63, 3.8) is 0 Å². The van der Waals surface area contributed by atoms with Crippen LogP contribution in [0.5, 0.6) is 0 Å². The van der Waals surface area contributed by atoms with E-state index in [9.17, 15) is 47.9 Å². The van der Waals surface area contributed by atoms with Gasteiger partial charge in [-0.3, -0.25) is 9.59 Å². The normalized spacial score (nSPS) is 18.1. The molecule has 107 heavy (non-hydrogen) atoms. The third-order valence-corrected chi connectivity index (χ3v) is 16.4. The fraction of sp³-hybridized carbons (Fsp3) is 0.418. The van der Waals surface area contributed by atoms with Gasteiger partial charge in [-0.1, -0.05) is 50.0 Å². The number of hydrogen-bond acceptors (Lipinski definition) is 18. The second kappa shape index (κ2) is 51.4. The van der Waals surface area contributed by atoms with E-state index in [0.29, 0.717) is 32.3 Å². The van der Waals surface area contributed by atoms with Crippen LogP contribution in [-0.2, 0) is 124 Å². The molecule has 0 saturated heterocycles. The predicted octanol–water partition coefficient (Wildman–Crippen LogP) is 10.1. The molecule has 0 aliphatic heterocycles. The average molecular weight is 1620 g/mol. The Morgan fingerprint density at radius 1 is 0.336 bits per heavy atom. The summed E-state index contributed by atoms with van der Waals surface area (Å²) in [6, 6.07) is 5.18. The van der Waals surface area contributed by atoms with E-state index in [0.717, 1.165) is 47.1 Å². The van der Waals surface area contributed by atoms with Crippen LogP contribution in [0.25, 0.3) is 0 Å². The van der Waals surface area contributed by atoms with E-state index >= 15 is 0 Å². The van der Waals surface area contributed by atoms with Crippen LogP contribution in [0.15, 0.2) is 30.3 Å². The topological polar surface area (TPSA) is 317 Å². The molecule has 1 aromatic carbocycles. The molecule has 6 amide bonds. The zero-order chi connectivity index (χ0) is 77.0. The van der Waals surface area contributed by atoms with E-state index in [-0.39, 0.29) is 70.7 Å². The number of amides is 6. The molecule has 7 rings (SSSR count). The van der Waals surface area contributed by atoms with Crippen molar-refractivity contribution in [1.82, 2.24) is 31.9 Å². The number of carbonyl (C=O) groups is 10. The van der Waals surface area contributed by atoms with E-state index in [1.807, 2.05) is 184 Å². The van der Waals surface area contributed by atoms with Gasteiger partial charge in [-0.15, -0.1) is 0 Å². The summed E-state index contributed by atoms with van der Waals surface area (Å²) in [6.45, 7) is 23.0. The first-order valence-corrected chi connectivity index (χ1v) is 37.9. The van der Waals surface area contributed by atoms with E-state index in [1.165, 1.54) is 21.3 Å². The van der Waals surface area contributed by atoms with Crippen LogP contribution in [0.4, 0.5) is 19.2 Å². The molecule has 0 spiro atoms. The average Bonchev–Trinajstić information content (AvgIpc) is 1.86. The van der Waals surface area contributed by atoms with Gasteiger partial charge in [0.25, 0.3) is 0 Å². The summed E-state index contributed by atoms with van der Waals surface area (Å²) in [6.07, 6.45) is 44.1. The van der Waals surface area contributed by atoms with Gasteiger partial charge in [0.2, 0.25) is 11.8 Å². The Bertz CT molecular complexity index is 2690. The third kappa shape index (κ3) is 43.9. The minimum Gasteiger partial charge on any atom is -0.467 e. The van der Waals surface area contributed by atoms with Gasteiger partial charge in [0, 0.05) is 8.07 Å². The van der Waals surface area contributed by atoms with Crippen LogP contribution in [0.2, 0.25) is 25.7 Å². The van der Waals surface area contributed by atoms with Crippen LogP contribution >= 0.6 is 0 Å². The summed E-state index contributed by atoms with van der Waals surface area (Å²) < 4.78 is 40.7. The van der Waals surface area contributed by atoms with Crippen molar-refractivity contribution in [2.45, 2.75) is 186 Å². The first-order chi connectivity index (χ1) is 49.0. The number of alkyl carbamates (subject to hydrolysis) is 4. The third-order valence-electron chi connectivity index (χ3n) is 14.7. The molecule has 24 nitrogen and oxygen atoms in total. The van der Waals surface area contributed by atoms with Gasteiger partial charge < -0.3 is 69.8 Å². The summed E-state index contributed by atoms with van der Waals surface area (Å²) >= 11 is 0. The largest absolute Gasteiger partial charge is 2.00 e. The monoisotopic (exact) mass is 1620 g/mol. The summed E-state index contributed by atoms with van der Waals surface area (Å²) in [5.41, 5.74) is -1.13. The quantitative estimate of drug-likeness (QED) is 0.0247. The van der Waals surface area contributed by atoms with Crippen LogP contribution in [-0.4, -0.2) is 149 Å². The zero-order valence-electron chi connectivity index (χ0n) is 63.5. The Balaban J connectivity index is 0.000000711. The summed E-state index contributed by atoms with van der Waals surface area (Å²) in [5, 5.41) is 15.8. The van der Waals surface area contributed by atoms with Crippen molar-refractivity contribution in [1.29, 1.82) is 0 Å². The summed E-state index contributed by atoms with van der Waals surface area (Å²) in [4.78, 5) is 123. The molecular formula is C79H104Fe3N6O18Si+6. The molecule has 6 saturated carbocycles. The molecule has 28 heteroatoms. The van der Waals surface area contributed by atoms with Gasteiger partial charge in [0.1, 0.15) is 59.7 Å². The maximum absolute atomic E-state index is 12.9. The first-order valence-electron chi connectivity index (χ1n) is 34.2. The number of hydrogen-bond donors (Lipinski definition) is 6. The molecule has 0 unspecified atom stereocenters. The number of rotatable bonds is 29. The Morgan fingerprint density at radius 2 is 0.579 bits per heavy atom. The Hall–Kier alpha value is -5.10. The van der Waals surface area contributed by atoms with Gasteiger partial charge in [-0.25, -0.2) is 38.4 Å². The Morgan fingerprint density at radius 3 is 0.841 bits per heavy atom. The Labute approximate surface area is 672 Å². The maximum atomic E-state index is 12.9. The number of methoxy groups -OCH3 is 3. The molecule has 6 aliphatic carbocycles. The van der Waals surface area contributed by atoms with Crippen molar-refractivity contribution >= 4 is 68.1 Å². The predicted molar refractivity (Wildman–Crippen MR) is 392 cm³/mol. The van der Waals surface area contributed by atoms with Crippen LogP contribution in [0, 0.1) is 190 Å². The molecule has 6 atom stereocenters. The molecule has 580 valence electrons. The number of carbonyl (C=O) groups excluding carboxylic acids is 10. The fourth-order valence-electron chi connectivity index (χ4n) is 9.69. The van der Waals surface area contributed by atoms with Gasteiger partial charge in [0.05, 0.1) is 27.9 Å². The van der Waals surface area contributed by atoms with E-state index in [2.05, 4.69) is 51.5 Å². The van der Waals surface area contributed by atoms with Gasteiger partial charge >= 0.3 is 99.5 Å². The fourth-order valence-corrected chi connectivity index (χ4v) is 10.4. The van der Waals surface area contributed by atoms with Crippen molar-refractivity contribution in [2.75, 3.05) is 27.9 Å². The minimum atomic E-state index is -1.28. The van der Waals surface area contributed by atoms with Crippen molar-refractivity contribution in [3.05, 3.63) is 226 Å². The van der Waals surface area contributed by atoms with E-state index in [1.54, 1.807) is 62.3 Å². The van der Waals surface area contributed by atoms with Crippen molar-refractivity contribution in [2.24, 2.45) is 0 Å². The van der Waals surface area contributed by atoms with E-state index in [4.69, 9.17) is 37.9 Å². The summed E-state index contributed by atoms with van der Waals surface area (Å²) in [5.74, 6) is 2.47. The number of benzene rings is 1. The van der Waals surface area contributed by atoms with Crippen molar-refractivity contribution < 1.29 is 137 Å². The van der Waals surface area contributed by atoms with Gasteiger partial charge in [0.15, 0.2) is 0 Å². The molecule has 1 aromatic rings. The zero-order valence-corrected chi connectivity index (χ0v) is 67.8. The SMILES string of the molecule is CC(C)(C)OC(=O)N[C@@H](C[C]1[CH][CH][CH][CH]1)C(=O)OCC[Si](C)(C)C.COC(=O)[C@@H](C[C]1[CH][CH][CH][CH]1)NC(=O)[C@@H](C[C]1[CH][CH][CH][CH]1)NC(=O)OC(C)(C)C.COC(=O)[C@H](C[C]1[CH][CH][CH][CH]1)NC(=O)OCc1ccccc1.COC(=O)[C@H](C[C]1[CH][CH][CH][CH]1)NC(=O)[C@H](C[C]1[CH][CH][CH][CH]1)NC(=O)OC(C)(C)C.[Fe+2].[Fe+2].[Fe+2]. The van der Waals surface area contributed by atoms with Gasteiger partial charge in [-0.05, 0) is 302 Å². The van der Waals surface area contributed by atoms with Gasteiger partial charge in [-0.2, -0.15) is 0 Å². The molecule has 0 aromatic heterocycles.